The van der Waals surface area contributed by atoms with Gasteiger partial charge in [-0.05, 0) is 25.1 Å². The predicted octanol–water partition coefficient (Wildman–Crippen LogP) is 2.61. The fraction of sp³-hybridized carbons (Fsp3) is 0.100. The van der Waals surface area contributed by atoms with E-state index in [9.17, 15) is 12.8 Å². The van der Waals surface area contributed by atoms with Crippen LogP contribution in [0.4, 0.5) is 4.39 Å². The van der Waals surface area contributed by atoms with Gasteiger partial charge in [-0.25, -0.2) is 12.8 Å². The Balaban J connectivity index is 3.02. The molecule has 0 saturated carbocycles. The molecule has 2 rings (SSSR count). The van der Waals surface area contributed by atoms with Gasteiger partial charge in [-0.15, -0.1) is 0 Å². The molecule has 6 heteroatoms. The summed E-state index contributed by atoms with van der Waals surface area (Å²) in [5.41, 5.74) is 0.612. The lowest BCUT2D eigenvalue weighted by Crippen LogP contribution is -1.97. The van der Waals surface area contributed by atoms with E-state index in [0.29, 0.717) is 16.5 Å². The maximum atomic E-state index is 13.5. The third-order valence-electron chi connectivity index (χ3n) is 2.31. The second-order valence-corrected chi connectivity index (χ2v) is 5.85. The van der Waals surface area contributed by atoms with Gasteiger partial charge < -0.3 is 0 Å². The molecular weight excluding hydrogens is 253 g/mol. The van der Waals surface area contributed by atoms with Crippen molar-refractivity contribution in [3.05, 3.63) is 35.8 Å². The Morgan fingerprint density at radius 3 is 2.75 bits per heavy atom. The number of benzene rings is 1. The number of aromatic nitrogens is 1. The molecule has 0 unspecified atom stereocenters. The molecular formula is C10H7ClFNO2S. The van der Waals surface area contributed by atoms with Crippen LogP contribution in [-0.2, 0) is 9.05 Å². The van der Waals surface area contributed by atoms with E-state index in [2.05, 4.69) is 4.98 Å². The maximum absolute atomic E-state index is 13.5. The zero-order valence-electron chi connectivity index (χ0n) is 8.24. The van der Waals surface area contributed by atoms with Gasteiger partial charge in [0, 0.05) is 27.8 Å². The molecule has 0 atom stereocenters. The van der Waals surface area contributed by atoms with Crippen LogP contribution in [0.2, 0.25) is 0 Å². The molecule has 0 spiro atoms. The largest absolute Gasteiger partial charge is 0.262 e. The Morgan fingerprint density at radius 2 is 2.12 bits per heavy atom. The van der Waals surface area contributed by atoms with Gasteiger partial charge in [0.1, 0.15) is 5.82 Å². The van der Waals surface area contributed by atoms with E-state index in [1.54, 1.807) is 12.1 Å². The topological polar surface area (TPSA) is 47.0 Å². The van der Waals surface area contributed by atoms with Crippen LogP contribution in [0.1, 0.15) is 5.56 Å². The number of aryl methyl sites for hydroxylation is 1. The lowest BCUT2D eigenvalue weighted by Gasteiger charge is -2.06. The van der Waals surface area contributed by atoms with E-state index in [1.165, 1.54) is 13.1 Å². The Morgan fingerprint density at radius 1 is 1.44 bits per heavy atom. The van der Waals surface area contributed by atoms with Gasteiger partial charge >= 0.3 is 0 Å². The minimum atomic E-state index is -3.98. The van der Waals surface area contributed by atoms with Crippen LogP contribution in [0, 0.1) is 12.7 Å². The molecule has 0 N–H and O–H groups in total. The maximum Gasteiger partial charge on any atom is 0.262 e. The SMILES string of the molecule is Cc1c(F)cc(S(=O)(=O)Cl)c2cccnc12. The molecule has 0 radical (unpaired) electrons. The van der Waals surface area contributed by atoms with Crippen molar-refractivity contribution in [3.8, 4) is 0 Å². The Labute approximate surface area is 96.3 Å². The van der Waals surface area contributed by atoms with E-state index in [4.69, 9.17) is 10.7 Å². The standard InChI is InChI=1S/C10H7ClFNO2S/c1-6-8(12)5-9(16(11,14)15)7-3-2-4-13-10(6)7/h2-5H,1H3. The van der Waals surface area contributed by atoms with Crippen molar-refractivity contribution in [1.29, 1.82) is 0 Å². The zero-order chi connectivity index (χ0) is 11.9. The summed E-state index contributed by atoms with van der Waals surface area (Å²) in [5.74, 6) is -0.634. The predicted molar refractivity (Wildman–Crippen MR) is 59.5 cm³/mol. The second-order valence-electron chi connectivity index (χ2n) is 3.32. The van der Waals surface area contributed by atoms with Gasteiger partial charge in [0.05, 0.1) is 10.4 Å². The number of hydrogen-bond acceptors (Lipinski definition) is 3. The first-order valence-corrected chi connectivity index (χ1v) is 6.70. The highest BCUT2D eigenvalue weighted by atomic mass is 35.7. The van der Waals surface area contributed by atoms with E-state index in [1.807, 2.05) is 0 Å². The second kappa shape index (κ2) is 3.68. The molecule has 1 heterocycles. The monoisotopic (exact) mass is 259 g/mol. The summed E-state index contributed by atoms with van der Waals surface area (Å²) >= 11 is 0. The van der Waals surface area contributed by atoms with Gasteiger partial charge in [-0.3, -0.25) is 4.98 Å². The molecule has 0 aliphatic heterocycles. The van der Waals surface area contributed by atoms with Crippen LogP contribution >= 0.6 is 10.7 Å². The third kappa shape index (κ3) is 1.76. The minimum Gasteiger partial charge on any atom is -0.256 e. The first kappa shape index (κ1) is 11.3. The first-order chi connectivity index (χ1) is 7.41. The van der Waals surface area contributed by atoms with Crippen LogP contribution < -0.4 is 0 Å². The fourth-order valence-electron chi connectivity index (χ4n) is 1.52. The molecule has 16 heavy (non-hydrogen) atoms. The molecule has 1 aromatic carbocycles. The Kier molecular flexibility index (Phi) is 2.59. The summed E-state index contributed by atoms with van der Waals surface area (Å²) in [5, 5.41) is 0.330. The summed E-state index contributed by atoms with van der Waals surface area (Å²) in [6.07, 6.45) is 1.47. The summed E-state index contributed by atoms with van der Waals surface area (Å²) in [7, 11) is 1.26. The molecule has 0 amide bonds. The van der Waals surface area contributed by atoms with Crippen molar-refractivity contribution >= 4 is 30.6 Å². The van der Waals surface area contributed by atoms with Crippen molar-refractivity contribution < 1.29 is 12.8 Å². The van der Waals surface area contributed by atoms with E-state index < -0.39 is 14.9 Å². The van der Waals surface area contributed by atoms with Crippen LogP contribution in [0.5, 0.6) is 0 Å². The number of halogens is 2. The molecule has 0 aliphatic rings. The quantitative estimate of drug-likeness (QED) is 0.740. The van der Waals surface area contributed by atoms with Crippen molar-refractivity contribution in [3.63, 3.8) is 0 Å². The highest BCUT2D eigenvalue weighted by Crippen LogP contribution is 2.28. The van der Waals surface area contributed by atoms with Crippen molar-refractivity contribution in [2.45, 2.75) is 11.8 Å². The zero-order valence-corrected chi connectivity index (χ0v) is 9.81. The van der Waals surface area contributed by atoms with Crippen LogP contribution in [-0.4, -0.2) is 13.4 Å². The minimum absolute atomic E-state index is 0.250. The van der Waals surface area contributed by atoms with E-state index in [0.717, 1.165) is 6.07 Å². The van der Waals surface area contributed by atoms with Crippen molar-refractivity contribution in [2.24, 2.45) is 0 Å². The lowest BCUT2D eigenvalue weighted by atomic mass is 10.1. The van der Waals surface area contributed by atoms with Crippen molar-refractivity contribution in [1.82, 2.24) is 4.98 Å². The first-order valence-electron chi connectivity index (χ1n) is 4.40. The van der Waals surface area contributed by atoms with Gasteiger partial charge in [-0.2, -0.15) is 0 Å². The van der Waals surface area contributed by atoms with Crippen LogP contribution in [0.3, 0.4) is 0 Å². The highest BCUT2D eigenvalue weighted by molar-refractivity contribution is 8.14. The third-order valence-corrected chi connectivity index (χ3v) is 3.67. The van der Waals surface area contributed by atoms with Crippen LogP contribution in [0.15, 0.2) is 29.3 Å². The molecule has 0 bridgehead atoms. The van der Waals surface area contributed by atoms with Gasteiger partial charge in [-0.1, -0.05) is 0 Å². The number of hydrogen-bond donors (Lipinski definition) is 0. The summed E-state index contributed by atoms with van der Waals surface area (Å²) < 4.78 is 36.0. The molecule has 0 fully saturated rings. The van der Waals surface area contributed by atoms with E-state index >= 15 is 0 Å². The number of pyridine rings is 1. The number of rotatable bonds is 1. The Hall–Kier alpha value is -1.20. The average Bonchev–Trinajstić information content (AvgIpc) is 2.22. The lowest BCUT2D eigenvalue weighted by molar-refractivity contribution is 0.601. The van der Waals surface area contributed by atoms with Crippen molar-refractivity contribution in [2.75, 3.05) is 0 Å². The molecule has 3 nitrogen and oxygen atoms in total. The smallest absolute Gasteiger partial charge is 0.256 e. The molecule has 2 aromatic rings. The summed E-state index contributed by atoms with van der Waals surface area (Å²) in [6.45, 7) is 1.54. The average molecular weight is 260 g/mol. The van der Waals surface area contributed by atoms with Gasteiger partial charge in [0.25, 0.3) is 9.05 Å². The normalized spacial score (nSPS) is 11.9. The van der Waals surface area contributed by atoms with Gasteiger partial charge in [0.15, 0.2) is 0 Å². The summed E-state index contributed by atoms with van der Waals surface area (Å²) in [4.78, 5) is 3.70. The Bertz CT molecular complexity index is 670. The number of fused-ring (bicyclic) bond motifs is 1. The molecule has 84 valence electrons. The molecule has 1 aromatic heterocycles. The number of nitrogens with zero attached hydrogens (tertiary/aromatic N) is 1. The molecule has 0 saturated heterocycles. The van der Waals surface area contributed by atoms with Crippen LogP contribution in [0.25, 0.3) is 10.9 Å². The van der Waals surface area contributed by atoms with E-state index in [-0.39, 0.29) is 4.90 Å². The van der Waals surface area contributed by atoms with Gasteiger partial charge in [0.2, 0.25) is 0 Å². The fourth-order valence-corrected chi connectivity index (χ4v) is 2.57. The highest BCUT2D eigenvalue weighted by Gasteiger charge is 2.18. The summed E-state index contributed by atoms with van der Waals surface area (Å²) in [6, 6.07) is 4.04. The molecule has 0 aliphatic carbocycles.